The molecule has 0 heterocycles. The number of hydrogen-bond acceptors (Lipinski definition) is 1. The van der Waals surface area contributed by atoms with Gasteiger partial charge in [-0.15, -0.1) is 0 Å². The molecule has 0 saturated heterocycles. The molecule has 0 bridgehead atoms. The minimum absolute atomic E-state index is 0.0902. The molecule has 0 aromatic heterocycles. The summed E-state index contributed by atoms with van der Waals surface area (Å²) in [6.07, 6.45) is 11.0. The second-order valence-electron chi connectivity index (χ2n) is 4.25. The molecule has 18 heavy (non-hydrogen) atoms. The molecule has 0 saturated carbocycles. The summed E-state index contributed by atoms with van der Waals surface area (Å²) in [5.74, 6) is 5.90. The number of allylic oxidation sites excluding steroid dienone is 5. The van der Waals surface area contributed by atoms with Crippen LogP contribution in [0.1, 0.15) is 24.2 Å². The summed E-state index contributed by atoms with van der Waals surface area (Å²) in [6, 6.07) is 7.87. The Balaban J connectivity index is 2.46. The molecule has 1 aromatic rings. The van der Waals surface area contributed by atoms with Crippen LogP contribution >= 0.6 is 0 Å². The molecular weight excluding hydrogens is 220 g/mol. The monoisotopic (exact) mass is 236 g/mol. The van der Waals surface area contributed by atoms with Crippen molar-refractivity contribution in [2.45, 2.75) is 13.0 Å². The Bertz CT molecular complexity index is 552. The molecule has 2 rings (SSSR count). The molecule has 0 radical (unpaired) electrons. The third-order valence-corrected chi connectivity index (χ3v) is 2.89. The number of aliphatic hydroxyl groups is 1. The van der Waals surface area contributed by atoms with Crippen LogP contribution in [0.5, 0.6) is 0 Å². The minimum Gasteiger partial charge on any atom is -0.387 e. The molecule has 0 amide bonds. The van der Waals surface area contributed by atoms with Crippen LogP contribution < -0.4 is 0 Å². The zero-order valence-electron chi connectivity index (χ0n) is 10.4. The standard InChI is InChI=1S/C17H16O/c1-14-10-6-4-2-3-5-7-11-15-12-8-9-13-16(15)17(14)18/h2-5,7-9,11-14,17-18H,1H3/b4-2-,5-3+,11-7-. The summed E-state index contributed by atoms with van der Waals surface area (Å²) in [7, 11) is 0. The first-order chi connectivity index (χ1) is 8.79. The third kappa shape index (κ3) is 3.00. The molecule has 2 atom stereocenters. The van der Waals surface area contributed by atoms with Gasteiger partial charge in [-0.1, -0.05) is 66.5 Å². The van der Waals surface area contributed by atoms with Crippen LogP contribution in [-0.4, -0.2) is 5.11 Å². The van der Waals surface area contributed by atoms with Crippen LogP contribution in [0.4, 0.5) is 0 Å². The van der Waals surface area contributed by atoms with Gasteiger partial charge in [0, 0.05) is 5.92 Å². The molecule has 2 unspecified atom stereocenters. The van der Waals surface area contributed by atoms with Gasteiger partial charge in [0.15, 0.2) is 0 Å². The van der Waals surface area contributed by atoms with Gasteiger partial charge in [-0.3, -0.25) is 0 Å². The largest absolute Gasteiger partial charge is 0.387 e. The predicted molar refractivity (Wildman–Crippen MR) is 75.7 cm³/mol. The highest BCUT2D eigenvalue weighted by molar-refractivity contribution is 5.56. The predicted octanol–water partition coefficient (Wildman–Crippen LogP) is 3.50. The van der Waals surface area contributed by atoms with Gasteiger partial charge in [0.1, 0.15) is 0 Å². The van der Waals surface area contributed by atoms with Crippen molar-refractivity contribution in [3.05, 3.63) is 65.8 Å². The van der Waals surface area contributed by atoms with Gasteiger partial charge >= 0.3 is 0 Å². The normalized spacial score (nSPS) is 27.7. The van der Waals surface area contributed by atoms with Crippen LogP contribution in [-0.2, 0) is 0 Å². The van der Waals surface area contributed by atoms with Crippen molar-refractivity contribution in [3.63, 3.8) is 0 Å². The quantitative estimate of drug-likeness (QED) is 0.683. The number of fused-ring (bicyclic) bond motifs is 1. The fraction of sp³-hybridized carbons (Fsp3) is 0.176. The Kier molecular flexibility index (Phi) is 4.17. The summed E-state index contributed by atoms with van der Waals surface area (Å²) in [5, 5.41) is 10.3. The van der Waals surface area contributed by atoms with Crippen LogP contribution in [0, 0.1) is 17.8 Å². The number of hydrogen-bond donors (Lipinski definition) is 1. The number of aliphatic hydroxyl groups excluding tert-OH is 1. The Hall–Kier alpha value is -2.04. The lowest BCUT2D eigenvalue weighted by atomic mass is 9.93. The summed E-state index contributed by atoms with van der Waals surface area (Å²) >= 11 is 0. The lowest BCUT2D eigenvalue weighted by molar-refractivity contribution is 0.143. The van der Waals surface area contributed by atoms with E-state index in [0.29, 0.717) is 0 Å². The topological polar surface area (TPSA) is 20.2 Å². The van der Waals surface area contributed by atoms with E-state index in [1.54, 1.807) is 6.08 Å². The Morgan fingerprint density at radius 1 is 1.06 bits per heavy atom. The van der Waals surface area contributed by atoms with Gasteiger partial charge in [0.25, 0.3) is 0 Å². The van der Waals surface area contributed by atoms with Crippen LogP contribution in [0.3, 0.4) is 0 Å². The molecule has 1 aromatic carbocycles. The molecule has 1 aliphatic rings. The highest BCUT2D eigenvalue weighted by atomic mass is 16.3. The smallest absolute Gasteiger partial charge is 0.0930 e. The van der Waals surface area contributed by atoms with E-state index < -0.39 is 6.10 Å². The van der Waals surface area contributed by atoms with Crippen molar-refractivity contribution in [1.82, 2.24) is 0 Å². The zero-order chi connectivity index (χ0) is 12.8. The van der Waals surface area contributed by atoms with E-state index in [0.717, 1.165) is 11.1 Å². The van der Waals surface area contributed by atoms with Gasteiger partial charge in [-0.05, 0) is 24.1 Å². The molecule has 1 nitrogen and oxygen atoms in total. The molecule has 0 spiro atoms. The Morgan fingerprint density at radius 2 is 1.83 bits per heavy atom. The fourth-order valence-electron chi connectivity index (χ4n) is 1.85. The van der Waals surface area contributed by atoms with Crippen molar-refractivity contribution in [3.8, 4) is 11.8 Å². The summed E-state index contributed by atoms with van der Waals surface area (Å²) in [4.78, 5) is 0. The maximum atomic E-state index is 10.3. The number of rotatable bonds is 0. The SMILES string of the molecule is CC1C#C\C=C/C=C/C=C\c2ccccc2C1O. The van der Waals surface area contributed by atoms with Gasteiger partial charge in [0.05, 0.1) is 6.10 Å². The van der Waals surface area contributed by atoms with Crippen molar-refractivity contribution in [2.24, 2.45) is 5.92 Å². The summed E-state index contributed by atoms with van der Waals surface area (Å²) in [5.41, 5.74) is 1.96. The lowest BCUT2D eigenvalue weighted by Crippen LogP contribution is -2.08. The van der Waals surface area contributed by atoms with Gasteiger partial charge < -0.3 is 5.11 Å². The molecule has 1 heteroatoms. The molecular formula is C17H16O. The van der Waals surface area contributed by atoms with E-state index in [1.807, 2.05) is 61.6 Å². The first-order valence-corrected chi connectivity index (χ1v) is 6.07. The second kappa shape index (κ2) is 6.05. The Labute approximate surface area is 108 Å². The molecule has 1 aliphatic carbocycles. The first kappa shape index (κ1) is 12.4. The van der Waals surface area contributed by atoms with Gasteiger partial charge in [0.2, 0.25) is 0 Å². The summed E-state index contributed by atoms with van der Waals surface area (Å²) < 4.78 is 0. The van der Waals surface area contributed by atoms with Crippen molar-refractivity contribution < 1.29 is 5.11 Å². The highest BCUT2D eigenvalue weighted by Crippen LogP contribution is 2.25. The first-order valence-electron chi connectivity index (χ1n) is 6.07. The van der Waals surface area contributed by atoms with E-state index >= 15 is 0 Å². The molecule has 0 aliphatic heterocycles. The van der Waals surface area contributed by atoms with Gasteiger partial charge in [-0.2, -0.15) is 0 Å². The number of benzene rings is 1. The molecule has 1 N–H and O–H groups in total. The van der Waals surface area contributed by atoms with Crippen LogP contribution in [0.25, 0.3) is 6.08 Å². The maximum Gasteiger partial charge on any atom is 0.0930 e. The average Bonchev–Trinajstić information content (AvgIpc) is 2.40. The van der Waals surface area contributed by atoms with Crippen molar-refractivity contribution in [1.29, 1.82) is 0 Å². The Morgan fingerprint density at radius 3 is 2.72 bits per heavy atom. The lowest BCUT2D eigenvalue weighted by Gasteiger charge is -2.16. The van der Waals surface area contributed by atoms with E-state index in [2.05, 4.69) is 11.8 Å². The fourth-order valence-corrected chi connectivity index (χ4v) is 1.85. The molecule has 90 valence electrons. The highest BCUT2D eigenvalue weighted by Gasteiger charge is 2.16. The summed E-state index contributed by atoms with van der Waals surface area (Å²) in [6.45, 7) is 1.94. The molecule has 0 fully saturated rings. The van der Waals surface area contributed by atoms with E-state index in [1.165, 1.54) is 0 Å². The zero-order valence-corrected chi connectivity index (χ0v) is 10.4. The van der Waals surface area contributed by atoms with Gasteiger partial charge in [-0.25, -0.2) is 0 Å². The van der Waals surface area contributed by atoms with Crippen LogP contribution in [0.2, 0.25) is 0 Å². The third-order valence-electron chi connectivity index (χ3n) is 2.89. The second-order valence-corrected chi connectivity index (χ2v) is 4.25. The van der Waals surface area contributed by atoms with E-state index in [9.17, 15) is 5.11 Å². The average molecular weight is 236 g/mol. The van der Waals surface area contributed by atoms with E-state index in [4.69, 9.17) is 0 Å². The van der Waals surface area contributed by atoms with Crippen molar-refractivity contribution in [2.75, 3.05) is 0 Å². The van der Waals surface area contributed by atoms with Crippen molar-refractivity contribution >= 4 is 6.08 Å². The minimum atomic E-state index is -0.560. The van der Waals surface area contributed by atoms with Crippen LogP contribution in [0.15, 0.2) is 54.6 Å². The van der Waals surface area contributed by atoms with E-state index in [-0.39, 0.29) is 5.92 Å². The maximum absolute atomic E-state index is 10.3.